The van der Waals surface area contributed by atoms with E-state index in [1.165, 1.54) is 0 Å². The molecule has 1 unspecified atom stereocenters. The van der Waals surface area contributed by atoms with Crippen LogP contribution in [0.4, 0.5) is 11.4 Å². The Bertz CT molecular complexity index is 701. The predicted octanol–water partition coefficient (Wildman–Crippen LogP) is 3.81. The zero-order chi connectivity index (χ0) is 17.5. The van der Waals surface area contributed by atoms with E-state index in [4.69, 9.17) is 15.2 Å². The predicted molar refractivity (Wildman–Crippen MR) is 96.7 cm³/mol. The Hall–Kier alpha value is -2.69. The van der Waals surface area contributed by atoms with E-state index in [9.17, 15) is 4.79 Å². The van der Waals surface area contributed by atoms with Gasteiger partial charge in [-0.05, 0) is 36.1 Å². The van der Waals surface area contributed by atoms with Gasteiger partial charge in [-0.2, -0.15) is 0 Å². The summed E-state index contributed by atoms with van der Waals surface area (Å²) in [4.78, 5) is 12.2. The second-order valence-corrected chi connectivity index (χ2v) is 5.64. The Kier molecular flexibility index (Phi) is 6.07. The van der Waals surface area contributed by atoms with Crippen molar-refractivity contribution in [1.29, 1.82) is 0 Å². The molecule has 1 atom stereocenters. The number of carbonyl (C=O) groups excluding carboxylic acids is 1. The average Bonchev–Trinajstić information content (AvgIpc) is 2.61. The highest BCUT2D eigenvalue weighted by molar-refractivity contribution is 5.95. The maximum Gasteiger partial charge on any atom is 0.262 e. The van der Waals surface area contributed by atoms with Gasteiger partial charge < -0.3 is 20.5 Å². The lowest BCUT2D eigenvalue weighted by molar-refractivity contribution is -0.118. The highest BCUT2D eigenvalue weighted by Crippen LogP contribution is 2.28. The number of hydrogen-bond donors (Lipinski definition) is 2. The fourth-order valence-corrected chi connectivity index (χ4v) is 2.34. The molecule has 128 valence electrons. The minimum atomic E-state index is -0.270. The number of nitrogen functional groups attached to an aromatic ring is 1. The van der Waals surface area contributed by atoms with Gasteiger partial charge in [0.05, 0.1) is 18.5 Å². The van der Waals surface area contributed by atoms with E-state index in [-0.39, 0.29) is 12.5 Å². The lowest BCUT2D eigenvalue weighted by Gasteiger charge is -2.16. The molecule has 2 aromatic carbocycles. The fourth-order valence-electron chi connectivity index (χ4n) is 2.34. The Morgan fingerprint density at radius 3 is 2.71 bits per heavy atom. The lowest BCUT2D eigenvalue weighted by Crippen LogP contribution is -2.21. The smallest absolute Gasteiger partial charge is 0.262 e. The standard InChI is InChI=1S/C19H24N2O3/c1-4-13(2)15-7-5-6-8-18(15)24-12-19(22)21-17-11-14(23-3)9-10-16(17)20/h5-11,13H,4,12,20H2,1-3H3,(H,21,22). The fraction of sp³-hybridized carbons (Fsp3) is 0.316. The molecule has 0 saturated carbocycles. The minimum Gasteiger partial charge on any atom is -0.497 e. The van der Waals surface area contributed by atoms with Crippen molar-refractivity contribution in [1.82, 2.24) is 0 Å². The van der Waals surface area contributed by atoms with Crippen molar-refractivity contribution in [3.8, 4) is 11.5 Å². The van der Waals surface area contributed by atoms with Crippen molar-refractivity contribution < 1.29 is 14.3 Å². The Labute approximate surface area is 142 Å². The number of anilines is 2. The molecule has 0 fully saturated rings. The molecule has 0 saturated heterocycles. The van der Waals surface area contributed by atoms with E-state index in [1.807, 2.05) is 24.3 Å². The van der Waals surface area contributed by atoms with Crippen LogP contribution in [0.25, 0.3) is 0 Å². The number of rotatable bonds is 7. The Morgan fingerprint density at radius 1 is 1.25 bits per heavy atom. The molecule has 5 nitrogen and oxygen atoms in total. The van der Waals surface area contributed by atoms with Gasteiger partial charge in [-0.1, -0.05) is 32.0 Å². The van der Waals surface area contributed by atoms with Crippen LogP contribution in [-0.2, 0) is 4.79 Å². The third-order valence-electron chi connectivity index (χ3n) is 3.96. The Morgan fingerprint density at radius 2 is 2.00 bits per heavy atom. The quantitative estimate of drug-likeness (QED) is 0.758. The molecule has 0 aliphatic rings. The van der Waals surface area contributed by atoms with Gasteiger partial charge >= 0.3 is 0 Å². The van der Waals surface area contributed by atoms with E-state index in [2.05, 4.69) is 19.2 Å². The van der Waals surface area contributed by atoms with Crippen molar-refractivity contribution in [3.63, 3.8) is 0 Å². The molecule has 0 aliphatic heterocycles. The van der Waals surface area contributed by atoms with Gasteiger partial charge in [-0.3, -0.25) is 4.79 Å². The summed E-state index contributed by atoms with van der Waals surface area (Å²) in [6.45, 7) is 4.18. The van der Waals surface area contributed by atoms with E-state index < -0.39 is 0 Å². The molecule has 1 amide bonds. The van der Waals surface area contributed by atoms with Crippen LogP contribution in [0.5, 0.6) is 11.5 Å². The summed E-state index contributed by atoms with van der Waals surface area (Å²) in [6, 6.07) is 12.9. The molecule has 24 heavy (non-hydrogen) atoms. The van der Waals surface area contributed by atoms with Crippen molar-refractivity contribution in [2.45, 2.75) is 26.2 Å². The summed E-state index contributed by atoms with van der Waals surface area (Å²) in [5, 5.41) is 2.75. The molecule has 2 rings (SSSR count). The zero-order valence-corrected chi connectivity index (χ0v) is 14.3. The van der Waals surface area contributed by atoms with Gasteiger partial charge in [0.25, 0.3) is 5.91 Å². The SMILES string of the molecule is CCC(C)c1ccccc1OCC(=O)Nc1cc(OC)ccc1N. The lowest BCUT2D eigenvalue weighted by atomic mass is 9.98. The molecule has 0 aromatic heterocycles. The third-order valence-corrected chi connectivity index (χ3v) is 3.96. The third kappa shape index (κ3) is 4.41. The van der Waals surface area contributed by atoms with Crippen LogP contribution < -0.4 is 20.5 Å². The zero-order valence-electron chi connectivity index (χ0n) is 14.3. The second kappa shape index (κ2) is 8.24. The maximum absolute atomic E-state index is 12.2. The van der Waals surface area contributed by atoms with E-state index in [1.54, 1.807) is 25.3 Å². The van der Waals surface area contributed by atoms with Gasteiger partial charge in [-0.15, -0.1) is 0 Å². The number of hydrogen-bond acceptors (Lipinski definition) is 4. The van der Waals surface area contributed by atoms with Gasteiger partial charge in [0.15, 0.2) is 6.61 Å². The van der Waals surface area contributed by atoms with Crippen molar-refractivity contribution >= 4 is 17.3 Å². The molecule has 0 radical (unpaired) electrons. The number of nitrogens with two attached hydrogens (primary N) is 1. The molecule has 5 heteroatoms. The summed E-state index contributed by atoms with van der Waals surface area (Å²) in [6.07, 6.45) is 1.01. The molecule has 3 N–H and O–H groups in total. The minimum absolute atomic E-state index is 0.0793. The topological polar surface area (TPSA) is 73.6 Å². The van der Waals surface area contributed by atoms with Gasteiger partial charge in [0.1, 0.15) is 11.5 Å². The number of ether oxygens (including phenoxy) is 2. The normalized spacial score (nSPS) is 11.6. The van der Waals surface area contributed by atoms with Crippen LogP contribution in [0.1, 0.15) is 31.7 Å². The average molecular weight is 328 g/mol. The summed E-state index contributed by atoms with van der Waals surface area (Å²) in [7, 11) is 1.56. The van der Waals surface area contributed by atoms with Crippen molar-refractivity contribution in [2.24, 2.45) is 0 Å². The number of para-hydroxylation sites is 1. The number of methoxy groups -OCH3 is 1. The number of carbonyl (C=O) groups is 1. The van der Waals surface area contributed by atoms with Gasteiger partial charge in [0, 0.05) is 6.07 Å². The van der Waals surface area contributed by atoms with Crippen LogP contribution >= 0.6 is 0 Å². The first-order valence-corrected chi connectivity index (χ1v) is 8.00. The first-order valence-electron chi connectivity index (χ1n) is 8.00. The number of benzene rings is 2. The molecule has 0 aliphatic carbocycles. The summed E-state index contributed by atoms with van der Waals surface area (Å²) >= 11 is 0. The second-order valence-electron chi connectivity index (χ2n) is 5.64. The van der Waals surface area contributed by atoms with E-state index in [0.717, 1.165) is 17.7 Å². The molecule has 0 bridgehead atoms. The number of nitrogens with one attached hydrogen (secondary N) is 1. The molecular formula is C19H24N2O3. The highest BCUT2D eigenvalue weighted by atomic mass is 16.5. The van der Waals surface area contributed by atoms with E-state index >= 15 is 0 Å². The largest absolute Gasteiger partial charge is 0.497 e. The summed E-state index contributed by atoms with van der Waals surface area (Å²) in [5.41, 5.74) is 7.96. The van der Waals surface area contributed by atoms with Crippen LogP contribution in [0.15, 0.2) is 42.5 Å². The Balaban J connectivity index is 2.02. The highest BCUT2D eigenvalue weighted by Gasteiger charge is 2.12. The summed E-state index contributed by atoms with van der Waals surface area (Å²) in [5.74, 6) is 1.47. The van der Waals surface area contributed by atoms with Gasteiger partial charge in [0.2, 0.25) is 0 Å². The van der Waals surface area contributed by atoms with Crippen LogP contribution in [0.3, 0.4) is 0 Å². The first kappa shape index (κ1) is 17.7. The molecule has 0 spiro atoms. The number of amides is 1. The summed E-state index contributed by atoms with van der Waals surface area (Å²) < 4.78 is 10.8. The van der Waals surface area contributed by atoms with Crippen LogP contribution in [0.2, 0.25) is 0 Å². The van der Waals surface area contributed by atoms with Gasteiger partial charge in [-0.25, -0.2) is 0 Å². The van der Waals surface area contributed by atoms with E-state index in [0.29, 0.717) is 23.0 Å². The van der Waals surface area contributed by atoms with Crippen molar-refractivity contribution in [2.75, 3.05) is 24.8 Å². The molecular weight excluding hydrogens is 304 g/mol. The van der Waals surface area contributed by atoms with Crippen molar-refractivity contribution in [3.05, 3.63) is 48.0 Å². The van der Waals surface area contributed by atoms with Crippen LogP contribution in [0, 0.1) is 0 Å². The van der Waals surface area contributed by atoms with Crippen LogP contribution in [-0.4, -0.2) is 19.6 Å². The molecule has 0 heterocycles. The maximum atomic E-state index is 12.2. The first-order chi connectivity index (χ1) is 11.5. The monoisotopic (exact) mass is 328 g/mol. The molecule has 2 aromatic rings.